The number of aromatic nitrogens is 2. The summed E-state index contributed by atoms with van der Waals surface area (Å²) in [4.78, 5) is 16.4. The Morgan fingerprint density at radius 1 is 1.45 bits per heavy atom. The van der Waals surface area contributed by atoms with E-state index in [0.29, 0.717) is 5.69 Å². The number of carbonyl (C=O) groups is 1. The zero-order chi connectivity index (χ0) is 14.7. The Bertz CT molecular complexity index is 616. The van der Waals surface area contributed by atoms with Gasteiger partial charge in [0.1, 0.15) is 12.4 Å². The van der Waals surface area contributed by atoms with Gasteiger partial charge in [-0.05, 0) is 24.6 Å². The first-order valence-corrected chi connectivity index (χ1v) is 6.64. The highest BCUT2D eigenvalue weighted by Gasteiger charge is 2.11. The molecule has 0 spiro atoms. The molecule has 0 saturated carbocycles. The van der Waals surface area contributed by atoms with Crippen molar-refractivity contribution in [3.05, 3.63) is 42.0 Å². The van der Waals surface area contributed by atoms with Crippen LogP contribution in [0.3, 0.4) is 0 Å². The van der Waals surface area contributed by atoms with Crippen molar-refractivity contribution < 1.29 is 4.79 Å². The first-order valence-electron chi connectivity index (χ1n) is 6.64. The van der Waals surface area contributed by atoms with Gasteiger partial charge < -0.3 is 15.6 Å². The highest BCUT2D eigenvalue weighted by Crippen LogP contribution is 2.18. The second kappa shape index (κ2) is 5.77. The summed E-state index contributed by atoms with van der Waals surface area (Å²) in [5, 5.41) is 2.89. The zero-order valence-electron chi connectivity index (χ0n) is 12.1. The van der Waals surface area contributed by atoms with Crippen molar-refractivity contribution in [1.82, 2.24) is 9.55 Å². The first kappa shape index (κ1) is 14.1. The maximum Gasteiger partial charge on any atom is 0.244 e. The minimum atomic E-state index is -0.0846. The molecule has 0 aliphatic carbocycles. The fraction of sp³-hybridized carbons (Fsp3) is 0.333. The average Bonchev–Trinajstić information content (AvgIpc) is 2.82. The number of nitrogens with zero attached hydrogens (tertiary/aromatic N) is 2. The molecule has 1 aromatic heterocycles. The minimum Gasteiger partial charge on any atom is -0.399 e. The van der Waals surface area contributed by atoms with E-state index in [1.165, 1.54) is 0 Å². The molecule has 1 aromatic carbocycles. The highest BCUT2D eigenvalue weighted by atomic mass is 16.1. The van der Waals surface area contributed by atoms with Gasteiger partial charge in [0.05, 0.1) is 0 Å². The molecule has 2 aromatic rings. The van der Waals surface area contributed by atoms with Gasteiger partial charge in [-0.15, -0.1) is 0 Å². The van der Waals surface area contributed by atoms with E-state index < -0.39 is 0 Å². The average molecular weight is 272 g/mol. The van der Waals surface area contributed by atoms with Gasteiger partial charge in [-0.2, -0.15) is 0 Å². The lowest BCUT2D eigenvalue weighted by atomic mass is 10.2. The molecule has 1 heterocycles. The van der Waals surface area contributed by atoms with Crippen LogP contribution in [0.4, 0.5) is 11.4 Å². The molecule has 20 heavy (non-hydrogen) atoms. The molecule has 5 nitrogen and oxygen atoms in total. The standard InChI is InChI=1S/C15H20N4O/c1-10(2)15-17-6-7-19(15)9-14(20)18-13-8-12(16)5-4-11(13)3/h4-8,10H,9,16H2,1-3H3,(H,18,20). The maximum atomic E-state index is 12.1. The number of imidazole rings is 1. The number of benzene rings is 1. The van der Waals surface area contributed by atoms with Crippen LogP contribution < -0.4 is 11.1 Å². The number of nitrogen functional groups attached to an aromatic ring is 1. The number of nitrogens with two attached hydrogens (primary N) is 1. The van der Waals surface area contributed by atoms with E-state index in [9.17, 15) is 4.79 Å². The van der Waals surface area contributed by atoms with Crippen molar-refractivity contribution in [2.75, 3.05) is 11.1 Å². The lowest BCUT2D eigenvalue weighted by Gasteiger charge is -2.12. The van der Waals surface area contributed by atoms with Crippen molar-refractivity contribution in [2.24, 2.45) is 0 Å². The van der Waals surface area contributed by atoms with Crippen LogP contribution in [0.2, 0.25) is 0 Å². The Balaban J connectivity index is 2.09. The van der Waals surface area contributed by atoms with Crippen molar-refractivity contribution in [3.8, 4) is 0 Å². The van der Waals surface area contributed by atoms with Gasteiger partial charge in [0.2, 0.25) is 5.91 Å². The fourth-order valence-electron chi connectivity index (χ4n) is 2.07. The molecule has 0 fully saturated rings. The van der Waals surface area contributed by atoms with Crippen molar-refractivity contribution in [2.45, 2.75) is 33.2 Å². The monoisotopic (exact) mass is 272 g/mol. The number of anilines is 2. The Kier molecular flexibility index (Phi) is 4.08. The third kappa shape index (κ3) is 3.17. The van der Waals surface area contributed by atoms with E-state index >= 15 is 0 Å². The first-order chi connectivity index (χ1) is 9.47. The summed E-state index contributed by atoms with van der Waals surface area (Å²) in [6.07, 6.45) is 3.54. The summed E-state index contributed by atoms with van der Waals surface area (Å²) in [5.74, 6) is 1.11. The van der Waals surface area contributed by atoms with Crippen LogP contribution in [0.5, 0.6) is 0 Å². The van der Waals surface area contributed by atoms with Crippen LogP contribution in [0.15, 0.2) is 30.6 Å². The number of hydrogen-bond acceptors (Lipinski definition) is 3. The van der Waals surface area contributed by atoms with Gasteiger partial charge in [-0.3, -0.25) is 4.79 Å². The molecule has 0 unspecified atom stereocenters. The predicted molar refractivity (Wildman–Crippen MR) is 80.5 cm³/mol. The van der Waals surface area contributed by atoms with E-state index in [4.69, 9.17) is 5.73 Å². The summed E-state index contributed by atoms with van der Waals surface area (Å²) < 4.78 is 1.86. The maximum absolute atomic E-state index is 12.1. The van der Waals surface area contributed by atoms with E-state index in [1.807, 2.05) is 29.8 Å². The number of nitrogens with one attached hydrogen (secondary N) is 1. The summed E-state index contributed by atoms with van der Waals surface area (Å²) in [6.45, 7) is 6.30. The van der Waals surface area contributed by atoms with Gasteiger partial charge >= 0.3 is 0 Å². The molecule has 0 aliphatic heterocycles. The third-order valence-electron chi connectivity index (χ3n) is 3.11. The molecule has 0 radical (unpaired) electrons. The van der Waals surface area contributed by atoms with E-state index in [2.05, 4.69) is 24.1 Å². The van der Waals surface area contributed by atoms with Gasteiger partial charge in [0.25, 0.3) is 0 Å². The topological polar surface area (TPSA) is 72.9 Å². The quantitative estimate of drug-likeness (QED) is 0.840. The third-order valence-corrected chi connectivity index (χ3v) is 3.11. The highest BCUT2D eigenvalue weighted by molar-refractivity contribution is 5.91. The van der Waals surface area contributed by atoms with Crippen LogP contribution in [-0.2, 0) is 11.3 Å². The number of rotatable bonds is 4. The molecule has 2 rings (SSSR count). The van der Waals surface area contributed by atoms with Crippen molar-refractivity contribution >= 4 is 17.3 Å². The SMILES string of the molecule is Cc1ccc(N)cc1NC(=O)Cn1ccnc1C(C)C. The Hall–Kier alpha value is -2.30. The predicted octanol–water partition coefficient (Wildman–Crippen LogP) is 2.54. The largest absolute Gasteiger partial charge is 0.399 e. The smallest absolute Gasteiger partial charge is 0.244 e. The normalized spacial score (nSPS) is 10.8. The van der Waals surface area contributed by atoms with E-state index in [-0.39, 0.29) is 18.4 Å². The number of aryl methyl sites for hydroxylation is 1. The Morgan fingerprint density at radius 3 is 2.90 bits per heavy atom. The minimum absolute atomic E-state index is 0.0846. The summed E-state index contributed by atoms with van der Waals surface area (Å²) >= 11 is 0. The summed E-state index contributed by atoms with van der Waals surface area (Å²) in [5.41, 5.74) is 8.11. The van der Waals surface area contributed by atoms with Crippen LogP contribution in [-0.4, -0.2) is 15.5 Å². The lowest BCUT2D eigenvalue weighted by molar-refractivity contribution is -0.116. The molecule has 5 heteroatoms. The van der Waals surface area contributed by atoms with Gasteiger partial charge in [-0.25, -0.2) is 4.98 Å². The molecule has 0 aliphatic rings. The summed E-state index contributed by atoms with van der Waals surface area (Å²) in [7, 11) is 0. The van der Waals surface area contributed by atoms with Gasteiger partial charge in [0.15, 0.2) is 0 Å². The van der Waals surface area contributed by atoms with Crippen LogP contribution in [0.1, 0.15) is 31.2 Å². The van der Waals surface area contributed by atoms with Crippen molar-refractivity contribution in [1.29, 1.82) is 0 Å². The Labute approximate surface area is 118 Å². The second-order valence-electron chi connectivity index (χ2n) is 5.19. The van der Waals surface area contributed by atoms with Crippen LogP contribution in [0, 0.1) is 6.92 Å². The Morgan fingerprint density at radius 2 is 2.20 bits per heavy atom. The molecule has 1 amide bonds. The second-order valence-corrected chi connectivity index (χ2v) is 5.19. The summed E-state index contributed by atoms with van der Waals surface area (Å²) in [6, 6.07) is 5.48. The molecule has 3 N–H and O–H groups in total. The van der Waals surface area contributed by atoms with Gasteiger partial charge in [-0.1, -0.05) is 19.9 Å². The molecular formula is C15H20N4O. The van der Waals surface area contributed by atoms with Crippen LogP contribution >= 0.6 is 0 Å². The van der Waals surface area contributed by atoms with Crippen LogP contribution in [0.25, 0.3) is 0 Å². The number of carbonyl (C=O) groups excluding carboxylic acids is 1. The van der Waals surface area contributed by atoms with Crippen molar-refractivity contribution in [3.63, 3.8) is 0 Å². The molecule has 0 bridgehead atoms. The molecule has 0 atom stereocenters. The molecule has 106 valence electrons. The zero-order valence-corrected chi connectivity index (χ0v) is 12.1. The fourth-order valence-corrected chi connectivity index (χ4v) is 2.07. The molecule has 0 saturated heterocycles. The lowest BCUT2D eigenvalue weighted by Crippen LogP contribution is -2.20. The number of hydrogen-bond donors (Lipinski definition) is 2. The molecular weight excluding hydrogens is 252 g/mol. The van der Waals surface area contributed by atoms with E-state index in [0.717, 1.165) is 17.1 Å². The van der Waals surface area contributed by atoms with E-state index in [1.54, 1.807) is 12.3 Å². The number of amides is 1. The van der Waals surface area contributed by atoms with Gasteiger partial charge in [0, 0.05) is 29.7 Å².